The molecule has 0 fully saturated rings. The number of thioether (sulfide) groups is 1. The van der Waals surface area contributed by atoms with Crippen LogP contribution >= 0.6 is 11.8 Å². The molecule has 28 heavy (non-hydrogen) atoms. The van der Waals surface area contributed by atoms with Crippen LogP contribution in [0.1, 0.15) is 21.5 Å². The van der Waals surface area contributed by atoms with E-state index >= 15 is 0 Å². The summed E-state index contributed by atoms with van der Waals surface area (Å²) in [4.78, 5) is 16.6. The number of aromatic nitrogens is 1. The van der Waals surface area contributed by atoms with E-state index in [1.165, 1.54) is 30.1 Å². The fraction of sp³-hybridized carbons (Fsp3) is 0.0500. The largest absolute Gasteiger partial charge is 0.450 e. The number of rotatable bonds is 6. The molecule has 137 valence electrons. The van der Waals surface area contributed by atoms with Gasteiger partial charge < -0.3 is 10.3 Å². The van der Waals surface area contributed by atoms with Crippen molar-refractivity contribution in [2.45, 2.75) is 10.8 Å². The molecule has 0 atom stereocenters. The summed E-state index contributed by atoms with van der Waals surface area (Å²) in [7, 11) is 1.07. The Hall–Kier alpha value is -3.15. The Morgan fingerprint density at radius 1 is 1.25 bits per heavy atom. The Labute approximate surface area is 166 Å². The maximum absolute atomic E-state index is 13.2. The Kier molecular flexibility index (Phi) is 6.43. The highest BCUT2D eigenvalue weighted by Crippen LogP contribution is 2.21. The molecule has 0 aliphatic rings. The molecular weight excluding hydrogens is 376 g/mol. The molecule has 2 aromatic carbocycles. The summed E-state index contributed by atoms with van der Waals surface area (Å²) in [6, 6.07) is 16.3. The third kappa shape index (κ3) is 4.77. The quantitative estimate of drug-likeness (QED) is 0.499. The third-order valence-electron chi connectivity index (χ3n) is 3.92. The van der Waals surface area contributed by atoms with Crippen LogP contribution in [0.25, 0.3) is 0 Å². The van der Waals surface area contributed by atoms with Crippen LogP contribution in [0.4, 0.5) is 10.1 Å². The molecule has 0 spiro atoms. The Bertz CT molecular complexity index is 1040. The first kappa shape index (κ1) is 19.6. The van der Waals surface area contributed by atoms with E-state index in [9.17, 15) is 14.2 Å². The van der Waals surface area contributed by atoms with E-state index in [4.69, 9.17) is 5.26 Å². The van der Waals surface area contributed by atoms with Crippen LogP contribution in [-0.2, 0) is 5.75 Å². The topological polar surface area (TPSA) is 86.0 Å². The van der Waals surface area contributed by atoms with Gasteiger partial charge >= 0.3 is 7.48 Å². The van der Waals surface area contributed by atoms with Gasteiger partial charge in [-0.15, -0.1) is 11.8 Å². The molecule has 0 saturated heterocycles. The Morgan fingerprint density at radius 3 is 2.79 bits per heavy atom. The SMILES string of the molecule is N#Cc1cc(F)ccc1NC(=O)c1ccc(SCc2ccccc2[B]O)nc1. The van der Waals surface area contributed by atoms with Crippen molar-refractivity contribution in [2.75, 3.05) is 5.32 Å². The third-order valence-corrected chi connectivity index (χ3v) is 4.91. The van der Waals surface area contributed by atoms with Gasteiger partial charge in [-0.05, 0) is 41.4 Å². The molecule has 0 aliphatic carbocycles. The molecule has 5 nitrogen and oxygen atoms in total. The van der Waals surface area contributed by atoms with E-state index in [0.717, 1.165) is 29.6 Å². The highest BCUT2D eigenvalue weighted by atomic mass is 32.2. The minimum atomic E-state index is -0.544. The zero-order valence-electron chi connectivity index (χ0n) is 14.6. The average molecular weight is 390 g/mol. The van der Waals surface area contributed by atoms with Crippen LogP contribution in [-0.4, -0.2) is 23.4 Å². The van der Waals surface area contributed by atoms with Gasteiger partial charge in [0.05, 0.1) is 21.8 Å². The molecule has 8 heteroatoms. The average Bonchev–Trinajstić information content (AvgIpc) is 2.74. The van der Waals surface area contributed by atoms with Crippen molar-refractivity contribution in [1.82, 2.24) is 4.98 Å². The highest BCUT2D eigenvalue weighted by Gasteiger charge is 2.11. The van der Waals surface area contributed by atoms with Gasteiger partial charge in [-0.3, -0.25) is 4.79 Å². The second-order valence-corrected chi connectivity index (χ2v) is 6.75. The fourth-order valence-corrected chi connectivity index (χ4v) is 3.31. The molecule has 0 bridgehead atoms. The number of hydrogen-bond donors (Lipinski definition) is 2. The number of benzene rings is 2. The van der Waals surface area contributed by atoms with Gasteiger partial charge in [-0.2, -0.15) is 5.26 Å². The van der Waals surface area contributed by atoms with Gasteiger partial charge in [0.25, 0.3) is 5.91 Å². The number of carbonyl (C=O) groups excluding carboxylic acids is 1. The van der Waals surface area contributed by atoms with E-state index in [1.807, 2.05) is 30.3 Å². The van der Waals surface area contributed by atoms with Crippen LogP contribution in [0.15, 0.2) is 65.8 Å². The molecular formula is C20H14BFN3O2S. The van der Waals surface area contributed by atoms with Crippen molar-refractivity contribution >= 4 is 36.3 Å². The van der Waals surface area contributed by atoms with Crippen molar-refractivity contribution in [3.05, 3.63) is 83.3 Å². The van der Waals surface area contributed by atoms with E-state index < -0.39 is 11.7 Å². The molecule has 1 radical (unpaired) electrons. The van der Waals surface area contributed by atoms with Gasteiger partial charge in [0, 0.05) is 11.9 Å². The number of nitriles is 1. The summed E-state index contributed by atoms with van der Waals surface area (Å²) < 4.78 is 13.2. The minimum Gasteiger partial charge on any atom is -0.450 e. The molecule has 1 aromatic heterocycles. The number of nitrogens with one attached hydrogen (secondary N) is 1. The second kappa shape index (κ2) is 9.17. The van der Waals surface area contributed by atoms with Crippen LogP contribution in [0, 0.1) is 17.1 Å². The van der Waals surface area contributed by atoms with Crippen molar-refractivity contribution in [3.8, 4) is 6.07 Å². The number of carbonyl (C=O) groups is 1. The zero-order valence-corrected chi connectivity index (χ0v) is 15.4. The molecule has 3 rings (SSSR count). The van der Waals surface area contributed by atoms with Crippen LogP contribution < -0.4 is 10.8 Å². The molecule has 3 aromatic rings. The number of halogens is 1. The van der Waals surface area contributed by atoms with Crippen LogP contribution in [0.5, 0.6) is 0 Å². The summed E-state index contributed by atoms with van der Waals surface area (Å²) in [6.07, 6.45) is 1.44. The van der Waals surface area contributed by atoms with Gasteiger partial charge in [0.15, 0.2) is 0 Å². The van der Waals surface area contributed by atoms with E-state index in [2.05, 4.69) is 10.3 Å². The molecule has 0 unspecified atom stereocenters. The monoisotopic (exact) mass is 390 g/mol. The number of hydrogen-bond acceptors (Lipinski definition) is 5. The second-order valence-electron chi connectivity index (χ2n) is 5.76. The van der Waals surface area contributed by atoms with Crippen molar-refractivity contribution in [3.63, 3.8) is 0 Å². The summed E-state index contributed by atoms with van der Waals surface area (Å²) in [6.45, 7) is 0. The first-order chi connectivity index (χ1) is 13.6. The predicted octanol–water partition coefficient (Wildman–Crippen LogP) is 2.87. The van der Waals surface area contributed by atoms with E-state index in [0.29, 0.717) is 11.3 Å². The van der Waals surface area contributed by atoms with Crippen molar-refractivity contribution in [2.24, 2.45) is 0 Å². The molecule has 0 aliphatic heterocycles. The molecule has 0 saturated carbocycles. The van der Waals surface area contributed by atoms with Crippen LogP contribution in [0.3, 0.4) is 0 Å². The van der Waals surface area contributed by atoms with Gasteiger partial charge in [0.2, 0.25) is 0 Å². The van der Waals surface area contributed by atoms with E-state index in [-0.39, 0.29) is 11.3 Å². The number of anilines is 1. The normalized spacial score (nSPS) is 10.2. The number of pyridine rings is 1. The lowest BCUT2D eigenvalue weighted by Crippen LogP contribution is -2.17. The first-order valence-corrected chi connectivity index (χ1v) is 9.24. The maximum atomic E-state index is 13.2. The number of nitrogens with zero attached hydrogens (tertiary/aromatic N) is 2. The summed E-state index contributed by atoms with van der Waals surface area (Å²) in [5.74, 6) is -0.363. The fourth-order valence-electron chi connectivity index (χ4n) is 2.46. The summed E-state index contributed by atoms with van der Waals surface area (Å²) in [5, 5.41) is 21.6. The lowest BCUT2D eigenvalue weighted by atomic mass is 9.85. The smallest absolute Gasteiger partial charge is 0.327 e. The predicted molar refractivity (Wildman–Crippen MR) is 107 cm³/mol. The molecule has 2 N–H and O–H groups in total. The van der Waals surface area contributed by atoms with Gasteiger partial charge in [0.1, 0.15) is 11.9 Å². The Morgan fingerprint density at radius 2 is 2.07 bits per heavy atom. The van der Waals surface area contributed by atoms with Crippen LogP contribution in [0.2, 0.25) is 0 Å². The number of amides is 1. The highest BCUT2D eigenvalue weighted by molar-refractivity contribution is 7.98. The van der Waals surface area contributed by atoms with Crippen molar-refractivity contribution < 1.29 is 14.2 Å². The first-order valence-electron chi connectivity index (χ1n) is 8.26. The maximum Gasteiger partial charge on any atom is 0.327 e. The van der Waals surface area contributed by atoms with Crippen molar-refractivity contribution in [1.29, 1.82) is 5.26 Å². The Balaban J connectivity index is 1.65. The standard InChI is InChI=1S/C20H14BFN3O2S/c22-16-6-7-18(15(9-16)10-23)25-20(26)13-5-8-19(24-11-13)28-12-14-3-1-2-4-17(14)21-27/h1-9,11,27H,12H2,(H,25,26). The van der Waals surface area contributed by atoms with E-state index in [1.54, 1.807) is 12.1 Å². The lowest BCUT2D eigenvalue weighted by Gasteiger charge is -2.08. The molecule has 1 amide bonds. The zero-order chi connectivity index (χ0) is 19.9. The summed E-state index contributed by atoms with van der Waals surface area (Å²) >= 11 is 1.48. The van der Waals surface area contributed by atoms with Gasteiger partial charge in [-0.1, -0.05) is 24.3 Å². The lowest BCUT2D eigenvalue weighted by molar-refractivity contribution is 0.102. The minimum absolute atomic E-state index is 0.0489. The summed E-state index contributed by atoms with van der Waals surface area (Å²) in [5.41, 5.74) is 2.33. The van der Waals surface area contributed by atoms with Gasteiger partial charge in [-0.25, -0.2) is 9.37 Å². The molecule has 1 heterocycles.